The number of benzene rings is 1. The average Bonchev–Trinajstić information content (AvgIpc) is 3.32. The molecule has 28 heavy (non-hydrogen) atoms. The van der Waals surface area contributed by atoms with Gasteiger partial charge in [0.25, 0.3) is 0 Å². The van der Waals surface area contributed by atoms with Crippen molar-refractivity contribution in [3.05, 3.63) is 36.5 Å². The smallest absolute Gasteiger partial charge is 0.242 e. The quantitative estimate of drug-likeness (QED) is 0.618. The number of ether oxygens (including phenoxy) is 1. The van der Waals surface area contributed by atoms with Gasteiger partial charge in [0.15, 0.2) is 0 Å². The summed E-state index contributed by atoms with van der Waals surface area (Å²) in [5, 5.41) is 11.4. The van der Waals surface area contributed by atoms with Gasteiger partial charge in [0, 0.05) is 42.0 Å². The van der Waals surface area contributed by atoms with Crippen LogP contribution in [0.2, 0.25) is 0 Å². The molecule has 1 fully saturated rings. The number of methoxy groups -OCH3 is 1. The summed E-state index contributed by atoms with van der Waals surface area (Å²) in [4.78, 5) is 17.2. The minimum atomic E-state index is -0.532. The van der Waals surface area contributed by atoms with Gasteiger partial charge in [-0.2, -0.15) is 5.10 Å². The van der Waals surface area contributed by atoms with E-state index in [1.807, 2.05) is 30.5 Å². The molecule has 2 N–H and O–H groups in total. The summed E-state index contributed by atoms with van der Waals surface area (Å²) in [7, 11) is 1.58. The Labute approximate surface area is 171 Å². The van der Waals surface area contributed by atoms with E-state index in [1.165, 1.54) is 0 Å². The molecule has 3 heterocycles. The van der Waals surface area contributed by atoms with Crippen molar-refractivity contribution in [2.45, 2.75) is 11.2 Å². The fourth-order valence-corrected chi connectivity index (χ4v) is 4.56. The second kappa shape index (κ2) is 7.62. The standard InChI is InChI=1S/C19H20ClN5O2S/c1-27-16-6-3-12(10-21-16)17-14-9-13(4-5-15(14)23-24-17)22-18(26)19(28-2)7-8-25(20)11-19/h3-6,9-10H,7-8,11H2,1-2H3,(H,22,26)(H,23,24)/t19-/m0/s1. The first kappa shape index (κ1) is 19.0. The van der Waals surface area contributed by atoms with E-state index in [0.29, 0.717) is 19.0 Å². The van der Waals surface area contributed by atoms with Crippen molar-refractivity contribution in [3.63, 3.8) is 0 Å². The highest BCUT2D eigenvalue weighted by molar-refractivity contribution is 8.00. The van der Waals surface area contributed by atoms with Gasteiger partial charge in [-0.05, 0) is 48.7 Å². The number of nitrogens with zero attached hydrogens (tertiary/aromatic N) is 3. The van der Waals surface area contributed by atoms with Crippen LogP contribution in [0.3, 0.4) is 0 Å². The van der Waals surface area contributed by atoms with E-state index >= 15 is 0 Å². The van der Waals surface area contributed by atoms with Crippen LogP contribution < -0.4 is 10.1 Å². The van der Waals surface area contributed by atoms with Gasteiger partial charge >= 0.3 is 0 Å². The lowest BCUT2D eigenvalue weighted by Gasteiger charge is -2.25. The zero-order chi connectivity index (χ0) is 19.7. The zero-order valence-electron chi connectivity index (χ0n) is 15.5. The summed E-state index contributed by atoms with van der Waals surface area (Å²) in [5.74, 6) is 0.516. The van der Waals surface area contributed by atoms with E-state index in [-0.39, 0.29) is 5.91 Å². The van der Waals surface area contributed by atoms with Crippen LogP contribution in [0.4, 0.5) is 5.69 Å². The van der Waals surface area contributed by atoms with Gasteiger partial charge in [-0.3, -0.25) is 9.89 Å². The zero-order valence-corrected chi connectivity index (χ0v) is 17.1. The molecule has 1 atom stereocenters. The van der Waals surface area contributed by atoms with Crippen molar-refractivity contribution >= 4 is 46.0 Å². The van der Waals surface area contributed by atoms with E-state index < -0.39 is 4.75 Å². The van der Waals surface area contributed by atoms with Gasteiger partial charge in [0.05, 0.1) is 12.6 Å². The Morgan fingerprint density at radius 2 is 2.25 bits per heavy atom. The van der Waals surface area contributed by atoms with E-state index in [0.717, 1.165) is 34.3 Å². The molecule has 0 spiro atoms. The minimum absolute atomic E-state index is 0.0290. The molecule has 0 aliphatic carbocycles. The number of hydrogen-bond acceptors (Lipinski definition) is 6. The van der Waals surface area contributed by atoms with Gasteiger partial charge < -0.3 is 10.1 Å². The average molecular weight is 418 g/mol. The van der Waals surface area contributed by atoms with Crippen molar-refractivity contribution in [1.29, 1.82) is 0 Å². The summed E-state index contributed by atoms with van der Waals surface area (Å²) in [6.07, 6.45) is 4.39. The Hall–Kier alpha value is -2.29. The number of carbonyl (C=O) groups excluding carboxylic acids is 1. The van der Waals surface area contributed by atoms with Crippen molar-refractivity contribution < 1.29 is 9.53 Å². The molecule has 1 saturated heterocycles. The third-order valence-electron chi connectivity index (χ3n) is 5.03. The Bertz CT molecular complexity index is 1010. The van der Waals surface area contributed by atoms with Crippen molar-refractivity contribution in [1.82, 2.24) is 19.6 Å². The first-order valence-corrected chi connectivity index (χ1v) is 10.4. The minimum Gasteiger partial charge on any atom is -0.481 e. The molecule has 0 bridgehead atoms. The summed E-state index contributed by atoms with van der Waals surface area (Å²) in [6.45, 7) is 1.23. The van der Waals surface area contributed by atoms with E-state index in [1.54, 1.807) is 35.6 Å². The van der Waals surface area contributed by atoms with Crippen LogP contribution in [0.25, 0.3) is 22.2 Å². The number of hydrogen-bond donors (Lipinski definition) is 2. The van der Waals surface area contributed by atoms with Crippen molar-refractivity contribution in [2.75, 3.05) is 31.8 Å². The molecule has 1 aromatic carbocycles. The lowest BCUT2D eigenvalue weighted by molar-refractivity contribution is -0.118. The van der Waals surface area contributed by atoms with E-state index in [9.17, 15) is 4.79 Å². The Morgan fingerprint density at radius 3 is 2.89 bits per heavy atom. The van der Waals surface area contributed by atoms with Crippen LogP contribution in [0, 0.1) is 0 Å². The first-order chi connectivity index (χ1) is 13.5. The van der Waals surface area contributed by atoms with Gasteiger partial charge in [-0.1, -0.05) is 0 Å². The number of thioether (sulfide) groups is 1. The molecule has 0 radical (unpaired) electrons. The highest BCUT2D eigenvalue weighted by Crippen LogP contribution is 2.36. The number of carbonyl (C=O) groups is 1. The molecule has 146 valence electrons. The Morgan fingerprint density at radius 1 is 1.39 bits per heavy atom. The molecule has 3 aromatic rings. The number of aromatic nitrogens is 3. The van der Waals surface area contributed by atoms with Gasteiger partial charge in [0.2, 0.25) is 11.8 Å². The molecular weight excluding hydrogens is 398 g/mol. The fraction of sp³-hybridized carbons (Fsp3) is 0.316. The number of aromatic amines is 1. The van der Waals surface area contributed by atoms with Crippen LogP contribution in [0.5, 0.6) is 5.88 Å². The number of H-pyrrole nitrogens is 1. The highest BCUT2D eigenvalue weighted by Gasteiger charge is 2.43. The van der Waals surface area contributed by atoms with Crippen molar-refractivity contribution in [3.8, 4) is 17.1 Å². The molecule has 1 aliphatic rings. The number of anilines is 1. The molecule has 1 aliphatic heterocycles. The molecule has 7 nitrogen and oxygen atoms in total. The maximum atomic E-state index is 12.9. The maximum absolute atomic E-state index is 12.9. The second-order valence-electron chi connectivity index (χ2n) is 6.67. The first-order valence-electron chi connectivity index (χ1n) is 8.80. The van der Waals surface area contributed by atoms with Crippen LogP contribution in [-0.4, -0.2) is 56.7 Å². The highest BCUT2D eigenvalue weighted by atomic mass is 35.5. The third-order valence-corrected chi connectivity index (χ3v) is 6.62. The number of nitrogens with one attached hydrogen (secondary N) is 2. The number of fused-ring (bicyclic) bond motifs is 1. The van der Waals surface area contributed by atoms with Crippen LogP contribution >= 0.6 is 23.5 Å². The molecular formula is C19H20ClN5O2S. The molecule has 9 heteroatoms. The number of amides is 1. The Kier molecular flexibility index (Phi) is 5.18. The molecule has 4 rings (SSSR count). The number of rotatable bonds is 5. The Balaban J connectivity index is 1.63. The molecule has 0 unspecified atom stereocenters. The fourth-order valence-electron chi connectivity index (χ4n) is 3.38. The molecule has 0 saturated carbocycles. The predicted molar refractivity (Wildman–Crippen MR) is 113 cm³/mol. The van der Waals surface area contributed by atoms with Crippen LogP contribution in [0.15, 0.2) is 36.5 Å². The third kappa shape index (κ3) is 3.43. The topological polar surface area (TPSA) is 83.1 Å². The second-order valence-corrected chi connectivity index (χ2v) is 8.34. The van der Waals surface area contributed by atoms with Crippen molar-refractivity contribution in [2.24, 2.45) is 0 Å². The number of pyridine rings is 1. The largest absolute Gasteiger partial charge is 0.481 e. The van der Waals surface area contributed by atoms with E-state index in [2.05, 4.69) is 20.5 Å². The van der Waals surface area contributed by atoms with Crippen LogP contribution in [0.1, 0.15) is 6.42 Å². The normalized spacial score (nSPS) is 19.8. The molecule has 1 amide bonds. The summed E-state index contributed by atoms with van der Waals surface area (Å²) in [5.41, 5.74) is 3.25. The monoisotopic (exact) mass is 417 g/mol. The van der Waals surface area contributed by atoms with Gasteiger partial charge in [0.1, 0.15) is 10.4 Å². The maximum Gasteiger partial charge on any atom is 0.242 e. The molecule has 2 aromatic heterocycles. The predicted octanol–water partition coefficient (Wildman–Crippen LogP) is 3.53. The van der Waals surface area contributed by atoms with Gasteiger partial charge in [-0.25, -0.2) is 9.40 Å². The lowest BCUT2D eigenvalue weighted by Crippen LogP contribution is -2.41. The summed E-state index contributed by atoms with van der Waals surface area (Å²) < 4.78 is 6.25. The van der Waals surface area contributed by atoms with E-state index in [4.69, 9.17) is 16.5 Å². The number of halogens is 1. The lowest BCUT2D eigenvalue weighted by atomic mass is 10.1. The SMILES string of the molecule is COc1ccc(-c2n[nH]c3ccc(NC(=O)[C@]4(SC)CCN(Cl)C4)cc23)cn1. The van der Waals surface area contributed by atoms with Crippen LogP contribution in [-0.2, 0) is 4.79 Å². The van der Waals surface area contributed by atoms with Gasteiger partial charge in [-0.15, -0.1) is 11.8 Å². The summed E-state index contributed by atoms with van der Waals surface area (Å²) in [6, 6.07) is 9.41. The summed E-state index contributed by atoms with van der Waals surface area (Å²) >= 11 is 7.65.